The van der Waals surface area contributed by atoms with Crippen LogP contribution in [0.4, 0.5) is 15.8 Å². The molecule has 130 valence electrons. The molecular weight excluding hydrogens is 370 g/mol. The average molecular weight is 383 g/mol. The molecule has 0 unspecified atom stereocenters. The van der Waals surface area contributed by atoms with E-state index in [2.05, 4.69) is 5.32 Å². The van der Waals surface area contributed by atoms with Crippen molar-refractivity contribution < 1.29 is 18.7 Å². The van der Waals surface area contributed by atoms with E-state index in [9.17, 15) is 14.0 Å². The Bertz CT molecular complexity index is 860. The molecule has 0 aromatic heterocycles. The normalized spacial score (nSPS) is 17.1. The number of rotatable bonds is 4. The Kier molecular flexibility index (Phi) is 4.83. The van der Waals surface area contributed by atoms with Crippen LogP contribution in [-0.4, -0.2) is 25.0 Å². The van der Waals surface area contributed by atoms with Crippen LogP contribution < -0.4 is 15.0 Å². The molecule has 1 saturated heterocycles. The van der Waals surface area contributed by atoms with Gasteiger partial charge in [-0.2, -0.15) is 0 Å². The summed E-state index contributed by atoms with van der Waals surface area (Å²) in [5.41, 5.74) is 0.814. The number of carbonyl (C=O) groups excluding carboxylic acids is 2. The van der Waals surface area contributed by atoms with E-state index in [0.29, 0.717) is 16.5 Å². The number of nitrogens with one attached hydrogen (secondary N) is 1. The van der Waals surface area contributed by atoms with Crippen LogP contribution in [0.1, 0.15) is 6.42 Å². The van der Waals surface area contributed by atoms with Crippen molar-refractivity contribution in [3.05, 3.63) is 52.3 Å². The van der Waals surface area contributed by atoms with Gasteiger partial charge in [-0.25, -0.2) is 9.29 Å². The molecule has 25 heavy (non-hydrogen) atoms. The summed E-state index contributed by atoms with van der Waals surface area (Å²) in [6, 6.07) is 7.91. The number of imide groups is 1. The topological polar surface area (TPSA) is 58.6 Å². The molecule has 1 aliphatic rings. The number of hydrogen-bond donors (Lipinski definition) is 1. The molecule has 1 aliphatic heterocycles. The van der Waals surface area contributed by atoms with Gasteiger partial charge in [0.15, 0.2) is 0 Å². The SMILES string of the molecule is COc1ccc(N[C@@H]2CC(=O)N(c3ccc(F)c(Cl)c3)C2=O)cc1Cl. The Morgan fingerprint density at radius 1 is 1.16 bits per heavy atom. The molecule has 1 heterocycles. The molecule has 2 aromatic carbocycles. The first-order valence-electron chi connectivity index (χ1n) is 7.32. The lowest BCUT2D eigenvalue weighted by Crippen LogP contribution is -2.34. The van der Waals surface area contributed by atoms with Crippen molar-refractivity contribution in [3.8, 4) is 5.75 Å². The van der Waals surface area contributed by atoms with Gasteiger partial charge in [-0.05, 0) is 36.4 Å². The van der Waals surface area contributed by atoms with Gasteiger partial charge in [0.05, 0.1) is 29.3 Å². The van der Waals surface area contributed by atoms with E-state index in [1.807, 2.05) is 0 Å². The molecule has 3 rings (SSSR count). The average Bonchev–Trinajstić information content (AvgIpc) is 2.84. The standard InChI is InChI=1S/C17H13Cl2FN2O3/c1-25-15-5-2-9(6-12(15)19)21-14-8-16(23)22(17(14)24)10-3-4-13(20)11(18)7-10/h2-7,14,21H,8H2,1H3/t14-/m1/s1. The minimum absolute atomic E-state index is 0.0303. The summed E-state index contributed by atoms with van der Waals surface area (Å²) in [7, 11) is 1.50. The van der Waals surface area contributed by atoms with Crippen LogP contribution in [0.2, 0.25) is 10.0 Å². The largest absolute Gasteiger partial charge is 0.495 e. The Morgan fingerprint density at radius 2 is 1.92 bits per heavy atom. The first kappa shape index (κ1) is 17.5. The zero-order valence-electron chi connectivity index (χ0n) is 13.1. The van der Waals surface area contributed by atoms with E-state index < -0.39 is 23.7 Å². The van der Waals surface area contributed by atoms with E-state index >= 15 is 0 Å². The number of hydrogen-bond acceptors (Lipinski definition) is 4. The van der Waals surface area contributed by atoms with Gasteiger partial charge in [-0.15, -0.1) is 0 Å². The molecule has 0 aliphatic carbocycles. The van der Waals surface area contributed by atoms with E-state index in [0.717, 1.165) is 11.0 Å². The zero-order valence-corrected chi connectivity index (χ0v) is 14.6. The maximum Gasteiger partial charge on any atom is 0.256 e. The fourth-order valence-electron chi connectivity index (χ4n) is 2.60. The highest BCUT2D eigenvalue weighted by molar-refractivity contribution is 6.32. The van der Waals surface area contributed by atoms with Crippen LogP contribution in [-0.2, 0) is 9.59 Å². The molecule has 1 fully saturated rings. The number of ether oxygens (including phenoxy) is 1. The summed E-state index contributed by atoms with van der Waals surface area (Å²) in [6.07, 6.45) is -0.0303. The van der Waals surface area contributed by atoms with Crippen molar-refractivity contribution >= 4 is 46.4 Å². The molecule has 1 N–H and O–H groups in total. The number of methoxy groups -OCH3 is 1. The Morgan fingerprint density at radius 3 is 2.56 bits per heavy atom. The highest BCUT2D eigenvalue weighted by atomic mass is 35.5. The van der Waals surface area contributed by atoms with Crippen LogP contribution in [0.15, 0.2) is 36.4 Å². The van der Waals surface area contributed by atoms with Gasteiger partial charge in [0.2, 0.25) is 5.91 Å². The highest BCUT2D eigenvalue weighted by Crippen LogP contribution is 2.31. The maximum absolute atomic E-state index is 13.3. The van der Waals surface area contributed by atoms with Crippen molar-refractivity contribution in [2.45, 2.75) is 12.5 Å². The minimum atomic E-state index is -0.749. The summed E-state index contributed by atoms with van der Waals surface area (Å²) in [5.74, 6) is -0.958. The van der Waals surface area contributed by atoms with Crippen LogP contribution in [0.3, 0.4) is 0 Å². The Balaban J connectivity index is 1.81. The van der Waals surface area contributed by atoms with Crippen molar-refractivity contribution in [1.82, 2.24) is 0 Å². The molecular formula is C17H13Cl2FN2O3. The van der Waals surface area contributed by atoms with E-state index in [1.54, 1.807) is 18.2 Å². The second-order valence-corrected chi connectivity index (χ2v) is 6.23. The van der Waals surface area contributed by atoms with E-state index in [4.69, 9.17) is 27.9 Å². The summed E-state index contributed by atoms with van der Waals surface area (Å²) < 4.78 is 18.4. The van der Waals surface area contributed by atoms with Crippen LogP contribution in [0, 0.1) is 5.82 Å². The molecule has 2 amide bonds. The number of nitrogens with zero attached hydrogens (tertiary/aromatic N) is 1. The van der Waals surface area contributed by atoms with E-state index in [1.165, 1.54) is 19.2 Å². The van der Waals surface area contributed by atoms with Crippen LogP contribution in [0.5, 0.6) is 5.75 Å². The number of halogens is 3. The molecule has 5 nitrogen and oxygen atoms in total. The molecule has 8 heteroatoms. The van der Waals surface area contributed by atoms with Crippen LogP contribution >= 0.6 is 23.2 Å². The first-order valence-corrected chi connectivity index (χ1v) is 8.08. The van der Waals surface area contributed by atoms with Gasteiger partial charge in [0.25, 0.3) is 5.91 Å². The van der Waals surface area contributed by atoms with Gasteiger partial charge < -0.3 is 10.1 Å². The van der Waals surface area contributed by atoms with Gasteiger partial charge in [-0.3, -0.25) is 9.59 Å². The van der Waals surface area contributed by atoms with Gasteiger partial charge in [0.1, 0.15) is 17.6 Å². The monoisotopic (exact) mass is 382 g/mol. The predicted molar refractivity (Wildman–Crippen MR) is 93.9 cm³/mol. The molecule has 0 bridgehead atoms. The van der Waals surface area contributed by atoms with Gasteiger partial charge in [0, 0.05) is 5.69 Å². The number of anilines is 2. The summed E-state index contributed by atoms with van der Waals surface area (Å²) in [5, 5.41) is 3.20. The van der Waals surface area contributed by atoms with Gasteiger partial charge >= 0.3 is 0 Å². The third-order valence-corrected chi connectivity index (χ3v) is 4.39. The summed E-state index contributed by atoms with van der Waals surface area (Å²) in [4.78, 5) is 25.8. The second-order valence-electron chi connectivity index (χ2n) is 5.42. The molecule has 1 atom stereocenters. The highest BCUT2D eigenvalue weighted by Gasteiger charge is 2.39. The number of benzene rings is 2. The van der Waals surface area contributed by atoms with Crippen LogP contribution in [0.25, 0.3) is 0 Å². The Labute approximate surface area is 153 Å². The molecule has 0 spiro atoms. The quantitative estimate of drug-likeness (QED) is 0.815. The van der Waals surface area contributed by atoms with Crippen molar-refractivity contribution in [1.29, 1.82) is 0 Å². The third kappa shape index (κ3) is 3.41. The zero-order chi connectivity index (χ0) is 18.1. The second kappa shape index (κ2) is 6.90. The molecule has 0 saturated carbocycles. The van der Waals surface area contributed by atoms with Gasteiger partial charge in [-0.1, -0.05) is 23.2 Å². The van der Waals surface area contributed by atoms with Crippen molar-refractivity contribution in [2.24, 2.45) is 0 Å². The summed E-state index contributed by atoms with van der Waals surface area (Å²) >= 11 is 11.8. The first-order chi connectivity index (χ1) is 11.9. The predicted octanol–water partition coefficient (Wildman–Crippen LogP) is 3.89. The smallest absolute Gasteiger partial charge is 0.256 e. The fourth-order valence-corrected chi connectivity index (χ4v) is 3.03. The Hall–Kier alpha value is -2.31. The van der Waals surface area contributed by atoms with E-state index in [-0.39, 0.29) is 17.1 Å². The lowest BCUT2D eigenvalue weighted by molar-refractivity contribution is -0.121. The lowest BCUT2D eigenvalue weighted by Gasteiger charge is -2.17. The fraction of sp³-hybridized carbons (Fsp3) is 0.176. The lowest BCUT2D eigenvalue weighted by atomic mass is 10.2. The van der Waals surface area contributed by atoms with Crippen molar-refractivity contribution in [3.63, 3.8) is 0 Å². The van der Waals surface area contributed by atoms with Crippen molar-refractivity contribution in [2.75, 3.05) is 17.3 Å². The minimum Gasteiger partial charge on any atom is -0.495 e. The molecule has 0 radical (unpaired) electrons. The third-order valence-electron chi connectivity index (χ3n) is 3.80. The number of carbonyl (C=O) groups is 2. The molecule has 2 aromatic rings. The summed E-state index contributed by atoms with van der Waals surface area (Å²) in [6.45, 7) is 0. The maximum atomic E-state index is 13.3. The number of amides is 2.